The molecule has 0 rings (SSSR count). The van der Waals surface area contributed by atoms with Gasteiger partial charge in [-0.25, -0.2) is 4.79 Å². The maximum Gasteiger partial charge on any atom is 0.347 e. The molecule has 0 aliphatic rings. The first-order valence-corrected chi connectivity index (χ1v) is 10.2. The van der Waals surface area contributed by atoms with Gasteiger partial charge in [0, 0.05) is 6.42 Å². The van der Waals surface area contributed by atoms with Crippen molar-refractivity contribution < 1.29 is 28.6 Å². The normalized spacial score (nSPS) is 13.6. The molecule has 158 valence electrons. The summed E-state index contributed by atoms with van der Waals surface area (Å²) in [6, 6.07) is 0. The SMILES string of the molecule is CCCCC(CC)COC(=O)C(C)OC(=O)CCCOC(=O)C(C)(C)CC. The number of carbonyl (C=O) groups is 3. The highest BCUT2D eigenvalue weighted by atomic mass is 16.6. The van der Waals surface area contributed by atoms with Crippen molar-refractivity contribution >= 4 is 17.9 Å². The fraction of sp³-hybridized carbons (Fsp3) is 0.857. The summed E-state index contributed by atoms with van der Waals surface area (Å²) in [5.74, 6) is -0.944. The molecule has 0 aromatic carbocycles. The number of rotatable bonds is 14. The molecule has 0 spiro atoms. The Balaban J connectivity index is 4.06. The van der Waals surface area contributed by atoms with Gasteiger partial charge in [-0.3, -0.25) is 9.59 Å². The molecule has 2 unspecified atom stereocenters. The van der Waals surface area contributed by atoms with Gasteiger partial charge in [-0.2, -0.15) is 0 Å². The number of carbonyl (C=O) groups excluding carboxylic acids is 3. The summed E-state index contributed by atoms with van der Waals surface area (Å²) in [7, 11) is 0. The van der Waals surface area contributed by atoms with Gasteiger partial charge in [0.15, 0.2) is 6.10 Å². The van der Waals surface area contributed by atoms with Crippen molar-refractivity contribution in [3.05, 3.63) is 0 Å². The lowest BCUT2D eigenvalue weighted by Crippen LogP contribution is -2.28. The third-order valence-corrected chi connectivity index (χ3v) is 4.84. The molecule has 6 heteroatoms. The Morgan fingerprint density at radius 3 is 2.22 bits per heavy atom. The number of ether oxygens (including phenoxy) is 3. The quantitative estimate of drug-likeness (QED) is 0.249. The molecular weight excluding hydrogens is 348 g/mol. The summed E-state index contributed by atoms with van der Waals surface area (Å²) in [5.41, 5.74) is -0.522. The van der Waals surface area contributed by atoms with Crippen LogP contribution in [0.3, 0.4) is 0 Å². The van der Waals surface area contributed by atoms with Crippen LogP contribution < -0.4 is 0 Å². The topological polar surface area (TPSA) is 78.9 Å². The second-order valence-electron chi connectivity index (χ2n) is 7.66. The Hall–Kier alpha value is -1.59. The van der Waals surface area contributed by atoms with Crippen LogP contribution in [0.1, 0.15) is 86.5 Å². The van der Waals surface area contributed by atoms with Gasteiger partial charge in [-0.05, 0) is 46.0 Å². The van der Waals surface area contributed by atoms with Gasteiger partial charge >= 0.3 is 17.9 Å². The molecule has 27 heavy (non-hydrogen) atoms. The lowest BCUT2D eigenvalue weighted by molar-refractivity contribution is -0.168. The smallest absolute Gasteiger partial charge is 0.347 e. The van der Waals surface area contributed by atoms with Gasteiger partial charge < -0.3 is 14.2 Å². The van der Waals surface area contributed by atoms with Crippen molar-refractivity contribution in [1.29, 1.82) is 0 Å². The van der Waals surface area contributed by atoms with Crippen LogP contribution in [-0.4, -0.2) is 37.2 Å². The maximum absolute atomic E-state index is 12.0. The summed E-state index contributed by atoms with van der Waals surface area (Å²) in [4.78, 5) is 35.6. The Kier molecular flexibility index (Phi) is 12.8. The molecule has 0 N–H and O–H groups in total. The van der Waals surface area contributed by atoms with Crippen LogP contribution in [0.5, 0.6) is 0 Å². The van der Waals surface area contributed by atoms with E-state index in [9.17, 15) is 14.4 Å². The second-order valence-corrected chi connectivity index (χ2v) is 7.66. The zero-order valence-corrected chi connectivity index (χ0v) is 18.0. The monoisotopic (exact) mass is 386 g/mol. The molecule has 0 bridgehead atoms. The fourth-order valence-corrected chi connectivity index (χ4v) is 2.24. The minimum absolute atomic E-state index is 0.0888. The zero-order valence-electron chi connectivity index (χ0n) is 18.0. The van der Waals surface area contributed by atoms with Gasteiger partial charge in [-0.15, -0.1) is 0 Å². The standard InChI is InChI=1S/C21H38O6/c1-7-10-12-17(8-2)15-26-19(23)16(4)27-18(22)13-11-14-25-20(24)21(5,6)9-3/h16-17H,7-15H2,1-6H3. The number of hydrogen-bond acceptors (Lipinski definition) is 6. The average molecular weight is 387 g/mol. The maximum atomic E-state index is 12.0. The van der Waals surface area contributed by atoms with Gasteiger partial charge in [0.2, 0.25) is 0 Å². The number of unbranched alkanes of at least 4 members (excludes halogenated alkanes) is 1. The molecule has 0 saturated carbocycles. The van der Waals surface area contributed by atoms with Crippen LogP contribution in [0.4, 0.5) is 0 Å². The van der Waals surface area contributed by atoms with E-state index in [1.807, 2.05) is 20.8 Å². The van der Waals surface area contributed by atoms with Crippen molar-refractivity contribution in [3.8, 4) is 0 Å². The van der Waals surface area contributed by atoms with E-state index in [-0.39, 0.29) is 19.0 Å². The van der Waals surface area contributed by atoms with Crippen molar-refractivity contribution in [1.82, 2.24) is 0 Å². The van der Waals surface area contributed by atoms with Crippen molar-refractivity contribution in [2.24, 2.45) is 11.3 Å². The predicted octanol–water partition coefficient (Wildman–Crippen LogP) is 4.44. The van der Waals surface area contributed by atoms with E-state index in [1.54, 1.807) is 0 Å². The molecule has 0 heterocycles. The first kappa shape index (κ1) is 25.4. The van der Waals surface area contributed by atoms with E-state index >= 15 is 0 Å². The van der Waals surface area contributed by atoms with Crippen molar-refractivity contribution in [2.75, 3.05) is 13.2 Å². The first-order chi connectivity index (χ1) is 12.7. The minimum atomic E-state index is -0.928. The van der Waals surface area contributed by atoms with Crippen LogP contribution in [0.25, 0.3) is 0 Å². The van der Waals surface area contributed by atoms with Gasteiger partial charge in [0.1, 0.15) is 0 Å². The average Bonchev–Trinajstić information content (AvgIpc) is 2.64. The lowest BCUT2D eigenvalue weighted by Gasteiger charge is -2.20. The van der Waals surface area contributed by atoms with Crippen LogP contribution in [0, 0.1) is 11.3 Å². The molecular formula is C21H38O6. The molecule has 0 aromatic heterocycles. The van der Waals surface area contributed by atoms with E-state index in [0.717, 1.165) is 25.7 Å². The van der Waals surface area contributed by atoms with Crippen molar-refractivity contribution in [3.63, 3.8) is 0 Å². The lowest BCUT2D eigenvalue weighted by atomic mass is 9.91. The number of hydrogen-bond donors (Lipinski definition) is 0. The Bertz CT molecular complexity index is 458. The molecule has 0 aliphatic carbocycles. The predicted molar refractivity (Wildman–Crippen MR) is 104 cm³/mol. The van der Waals surface area contributed by atoms with Crippen molar-refractivity contribution in [2.45, 2.75) is 92.6 Å². The highest BCUT2D eigenvalue weighted by Crippen LogP contribution is 2.21. The third kappa shape index (κ3) is 11.0. The van der Waals surface area contributed by atoms with Crippen LogP contribution in [0.15, 0.2) is 0 Å². The molecule has 0 radical (unpaired) electrons. The highest BCUT2D eigenvalue weighted by molar-refractivity contribution is 5.79. The van der Waals surface area contributed by atoms with Gasteiger partial charge in [0.25, 0.3) is 0 Å². The van der Waals surface area contributed by atoms with E-state index in [0.29, 0.717) is 25.4 Å². The molecule has 0 aromatic rings. The summed E-state index contributed by atoms with van der Waals surface area (Å²) < 4.78 is 15.5. The molecule has 0 amide bonds. The largest absolute Gasteiger partial charge is 0.465 e. The van der Waals surface area contributed by atoms with E-state index < -0.39 is 23.5 Å². The van der Waals surface area contributed by atoms with Gasteiger partial charge in [0.05, 0.1) is 18.6 Å². The molecule has 6 nitrogen and oxygen atoms in total. The van der Waals surface area contributed by atoms with E-state index in [4.69, 9.17) is 14.2 Å². The van der Waals surface area contributed by atoms with Crippen LogP contribution in [-0.2, 0) is 28.6 Å². The molecule has 2 atom stereocenters. The zero-order chi connectivity index (χ0) is 20.9. The Morgan fingerprint density at radius 1 is 1.00 bits per heavy atom. The van der Waals surface area contributed by atoms with E-state index in [1.165, 1.54) is 6.92 Å². The molecule has 0 aliphatic heterocycles. The minimum Gasteiger partial charge on any atom is -0.465 e. The number of esters is 3. The van der Waals surface area contributed by atoms with Crippen LogP contribution in [0.2, 0.25) is 0 Å². The third-order valence-electron chi connectivity index (χ3n) is 4.84. The summed E-state index contributed by atoms with van der Waals surface area (Å²) in [6.45, 7) is 11.8. The molecule has 0 fully saturated rings. The van der Waals surface area contributed by atoms with E-state index in [2.05, 4.69) is 13.8 Å². The summed E-state index contributed by atoms with van der Waals surface area (Å²) >= 11 is 0. The fourth-order valence-electron chi connectivity index (χ4n) is 2.24. The summed E-state index contributed by atoms with van der Waals surface area (Å²) in [6.07, 6.45) is 4.42. The Labute approximate surface area is 164 Å². The molecule has 0 saturated heterocycles. The van der Waals surface area contributed by atoms with Crippen LogP contribution >= 0.6 is 0 Å². The highest BCUT2D eigenvalue weighted by Gasteiger charge is 2.27. The first-order valence-electron chi connectivity index (χ1n) is 10.2. The van der Waals surface area contributed by atoms with Gasteiger partial charge in [-0.1, -0.05) is 40.0 Å². The Morgan fingerprint density at radius 2 is 1.67 bits per heavy atom. The summed E-state index contributed by atoms with van der Waals surface area (Å²) in [5, 5.41) is 0. The second kappa shape index (κ2) is 13.6.